The van der Waals surface area contributed by atoms with Gasteiger partial charge in [-0.3, -0.25) is 4.79 Å². The summed E-state index contributed by atoms with van der Waals surface area (Å²) in [6.45, 7) is 0. The molecule has 0 amide bonds. The molecule has 0 unspecified atom stereocenters. The first kappa shape index (κ1) is 11.7. The zero-order valence-corrected chi connectivity index (χ0v) is 10.5. The monoisotopic (exact) mass is 272 g/mol. The van der Waals surface area contributed by atoms with Crippen molar-refractivity contribution in [3.05, 3.63) is 48.2 Å². The SMILES string of the molecule is O=Cc1ccc(Sc2nnc(-c3ccccc3)o2)o1. The number of hydrogen-bond acceptors (Lipinski definition) is 6. The molecule has 3 rings (SSSR count). The predicted molar refractivity (Wildman–Crippen MR) is 68.0 cm³/mol. The third-order valence-corrected chi connectivity index (χ3v) is 3.09. The molecule has 0 radical (unpaired) electrons. The largest absolute Gasteiger partial charge is 0.447 e. The van der Waals surface area contributed by atoms with Crippen LogP contribution < -0.4 is 0 Å². The van der Waals surface area contributed by atoms with Crippen LogP contribution in [0.2, 0.25) is 0 Å². The number of benzene rings is 1. The molecule has 0 spiro atoms. The molecule has 0 aliphatic rings. The average molecular weight is 272 g/mol. The van der Waals surface area contributed by atoms with E-state index in [9.17, 15) is 4.79 Å². The summed E-state index contributed by atoms with van der Waals surface area (Å²) in [6, 6.07) is 12.8. The first-order valence-corrected chi connectivity index (χ1v) is 6.28. The van der Waals surface area contributed by atoms with Gasteiger partial charge in [0.15, 0.2) is 17.1 Å². The molecule has 0 saturated carbocycles. The predicted octanol–water partition coefficient (Wildman–Crippen LogP) is 3.29. The zero-order chi connectivity index (χ0) is 13.1. The van der Waals surface area contributed by atoms with Crippen LogP contribution in [0, 0.1) is 0 Å². The molecule has 1 aromatic carbocycles. The fourth-order valence-corrected chi connectivity index (χ4v) is 2.14. The lowest BCUT2D eigenvalue weighted by Gasteiger charge is -1.92. The molecule has 0 atom stereocenters. The maximum Gasteiger partial charge on any atom is 0.284 e. The molecule has 19 heavy (non-hydrogen) atoms. The lowest BCUT2D eigenvalue weighted by Crippen LogP contribution is -1.75. The van der Waals surface area contributed by atoms with Crippen molar-refractivity contribution < 1.29 is 13.6 Å². The van der Waals surface area contributed by atoms with E-state index in [1.807, 2.05) is 30.3 Å². The van der Waals surface area contributed by atoms with E-state index < -0.39 is 0 Å². The standard InChI is InChI=1S/C13H8N2O3S/c16-8-10-6-7-11(17-10)19-13-15-14-12(18-13)9-4-2-1-3-5-9/h1-8H. The summed E-state index contributed by atoms with van der Waals surface area (Å²) in [5.41, 5.74) is 0.856. The van der Waals surface area contributed by atoms with E-state index >= 15 is 0 Å². The van der Waals surface area contributed by atoms with Crippen LogP contribution in [0.1, 0.15) is 10.6 Å². The molecule has 0 N–H and O–H groups in total. The Bertz CT molecular complexity index is 691. The Hall–Kier alpha value is -2.34. The van der Waals surface area contributed by atoms with Crippen LogP contribution in [0.15, 0.2) is 61.6 Å². The van der Waals surface area contributed by atoms with E-state index in [-0.39, 0.29) is 5.76 Å². The van der Waals surface area contributed by atoms with E-state index in [1.54, 1.807) is 12.1 Å². The van der Waals surface area contributed by atoms with Crippen molar-refractivity contribution in [3.8, 4) is 11.5 Å². The summed E-state index contributed by atoms with van der Waals surface area (Å²) in [5.74, 6) is 0.718. The summed E-state index contributed by atoms with van der Waals surface area (Å²) in [7, 11) is 0. The summed E-state index contributed by atoms with van der Waals surface area (Å²) in [4.78, 5) is 10.5. The quantitative estimate of drug-likeness (QED) is 0.679. The third-order valence-electron chi connectivity index (χ3n) is 2.33. The number of hydrogen-bond donors (Lipinski definition) is 0. The fourth-order valence-electron chi connectivity index (χ4n) is 1.49. The minimum Gasteiger partial charge on any atom is -0.447 e. The molecule has 5 nitrogen and oxygen atoms in total. The van der Waals surface area contributed by atoms with Crippen molar-refractivity contribution in [1.29, 1.82) is 0 Å². The van der Waals surface area contributed by atoms with Crippen LogP contribution >= 0.6 is 11.8 Å². The molecule has 2 heterocycles. The van der Waals surface area contributed by atoms with E-state index in [4.69, 9.17) is 8.83 Å². The van der Waals surface area contributed by atoms with Crippen LogP contribution in [-0.4, -0.2) is 16.5 Å². The van der Waals surface area contributed by atoms with Crippen LogP contribution in [-0.2, 0) is 0 Å². The first-order chi connectivity index (χ1) is 9.35. The highest BCUT2D eigenvalue weighted by Crippen LogP contribution is 2.29. The van der Waals surface area contributed by atoms with Crippen molar-refractivity contribution in [2.45, 2.75) is 10.3 Å². The van der Waals surface area contributed by atoms with Gasteiger partial charge in [-0.1, -0.05) is 18.2 Å². The average Bonchev–Trinajstić information content (AvgIpc) is 3.09. The molecule has 0 saturated heterocycles. The summed E-state index contributed by atoms with van der Waals surface area (Å²) in [5, 5.41) is 8.78. The number of carbonyl (C=O) groups is 1. The van der Waals surface area contributed by atoms with Gasteiger partial charge in [-0.2, -0.15) is 0 Å². The molecule has 0 aliphatic carbocycles. The van der Waals surface area contributed by atoms with E-state index in [2.05, 4.69) is 10.2 Å². The highest BCUT2D eigenvalue weighted by Gasteiger charge is 2.11. The molecule has 6 heteroatoms. The second-order valence-corrected chi connectivity index (χ2v) is 4.57. The Labute approximate surface area is 112 Å². The molecule has 3 aromatic rings. The number of aromatic nitrogens is 2. The highest BCUT2D eigenvalue weighted by atomic mass is 32.2. The Morgan fingerprint density at radius 2 is 1.84 bits per heavy atom. The third kappa shape index (κ3) is 2.58. The Morgan fingerprint density at radius 1 is 1.00 bits per heavy atom. The van der Waals surface area contributed by atoms with E-state index in [1.165, 1.54) is 11.8 Å². The van der Waals surface area contributed by atoms with Gasteiger partial charge in [-0.05, 0) is 24.3 Å². The Balaban J connectivity index is 1.80. The zero-order valence-electron chi connectivity index (χ0n) is 9.65. The number of carbonyl (C=O) groups excluding carboxylic acids is 1. The molecule has 94 valence electrons. The van der Waals surface area contributed by atoms with Gasteiger partial charge in [0, 0.05) is 17.3 Å². The number of aldehydes is 1. The van der Waals surface area contributed by atoms with Crippen molar-refractivity contribution in [2.24, 2.45) is 0 Å². The van der Waals surface area contributed by atoms with E-state index in [0.29, 0.717) is 22.5 Å². The highest BCUT2D eigenvalue weighted by molar-refractivity contribution is 7.99. The van der Waals surface area contributed by atoms with Crippen LogP contribution in [0.5, 0.6) is 0 Å². The van der Waals surface area contributed by atoms with Gasteiger partial charge in [0.1, 0.15) is 0 Å². The molecular weight excluding hydrogens is 264 g/mol. The van der Waals surface area contributed by atoms with Gasteiger partial charge >= 0.3 is 0 Å². The minimum absolute atomic E-state index is 0.269. The van der Waals surface area contributed by atoms with Crippen molar-refractivity contribution in [1.82, 2.24) is 10.2 Å². The number of rotatable bonds is 4. The minimum atomic E-state index is 0.269. The van der Waals surface area contributed by atoms with Crippen LogP contribution in [0.4, 0.5) is 0 Å². The molecule has 0 fully saturated rings. The Kier molecular flexibility index (Phi) is 3.16. The summed E-state index contributed by atoms with van der Waals surface area (Å²) in [6.07, 6.45) is 0.646. The maximum absolute atomic E-state index is 10.5. The van der Waals surface area contributed by atoms with Gasteiger partial charge in [0.05, 0.1) is 0 Å². The smallest absolute Gasteiger partial charge is 0.284 e. The number of nitrogens with zero attached hydrogens (tertiary/aromatic N) is 2. The molecule has 0 bridgehead atoms. The van der Waals surface area contributed by atoms with Gasteiger partial charge in [-0.15, -0.1) is 10.2 Å². The second-order valence-electron chi connectivity index (χ2n) is 3.62. The van der Waals surface area contributed by atoms with Crippen molar-refractivity contribution >= 4 is 18.0 Å². The molecular formula is C13H8N2O3S. The van der Waals surface area contributed by atoms with Crippen molar-refractivity contribution in [2.75, 3.05) is 0 Å². The second kappa shape index (κ2) is 5.11. The van der Waals surface area contributed by atoms with Crippen molar-refractivity contribution in [3.63, 3.8) is 0 Å². The number of furan rings is 1. The van der Waals surface area contributed by atoms with Gasteiger partial charge in [0.2, 0.25) is 5.89 Å². The van der Waals surface area contributed by atoms with E-state index in [0.717, 1.165) is 5.56 Å². The van der Waals surface area contributed by atoms with Gasteiger partial charge in [-0.25, -0.2) is 0 Å². The van der Waals surface area contributed by atoms with Crippen LogP contribution in [0.3, 0.4) is 0 Å². The summed E-state index contributed by atoms with van der Waals surface area (Å²) < 4.78 is 10.7. The lowest BCUT2D eigenvalue weighted by molar-refractivity contribution is 0.109. The molecule has 2 aromatic heterocycles. The Morgan fingerprint density at radius 3 is 2.58 bits per heavy atom. The molecule has 0 aliphatic heterocycles. The normalized spacial score (nSPS) is 10.5. The van der Waals surface area contributed by atoms with Gasteiger partial charge in [0.25, 0.3) is 5.22 Å². The van der Waals surface area contributed by atoms with Gasteiger partial charge < -0.3 is 8.83 Å². The maximum atomic E-state index is 10.5. The summed E-state index contributed by atoms with van der Waals surface area (Å²) >= 11 is 1.17. The fraction of sp³-hybridized carbons (Fsp3) is 0. The topological polar surface area (TPSA) is 69.1 Å². The van der Waals surface area contributed by atoms with Crippen LogP contribution in [0.25, 0.3) is 11.5 Å². The lowest BCUT2D eigenvalue weighted by atomic mass is 10.2. The first-order valence-electron chi connectivity index (χ1n) is 5.47.